The Morgan fingerprint density at radius 2 is 1.88 bits per heavy atom. The smallest absolute Gasteiger partial charge is 0.414 e. The van der Waals surface area contributed by atoms with Gasteiger partial charge >= 0.3 is 6.09 Å². The average Bonchev–Trinajstić information content (AvgIpc) is 3.41. The van der Waals surface area contributed by atoms with E-state index in [1.807, 2.05) is 0 Å². The minimum absolute atomic E-state index is 0.0156. The lowest BCUT2D eigenvalue weighted by Gasteiger charge is -2.33. The number of hydrogen-bond donors (Lipinski definition) is 1. The second kappa shape index (κ2) is 9.44. The molecule has 1 aromatic heterocycles. The summed E-state index contributed by atoms with van der Waals surface area (Å²) in [5.41, 5.74) is -0.233. The van der Waals surface area contributed by atoms with E-state index in [1.54, 1.807) is 0 Å². The van der Waals surface area contributed by atoms with Crippen molar-refractivity contribution in [1.29, 1.82) is 0 Å². The molecule has 0 saturated carbocycles. The molecule has 4 rings (SSSR count). The fraction of sp³-hybridized carbons (Fsp3) is 0.474. The van der Waals surface area contributed by atoms with E-state index in [4.69, 9.17) is 9.26 Å². The number of cyclic esters (lactones) is 1. The molecule has 1 N–H and O–H groups in total. The first kappa shape index (κ1) is 23.1. The first-order valence-corrected chi connectivity index (χ1v) is 12.3. The van der Waals surface area contributed by atoms with Gasteiger partial charge in [-0.2, -0.15) is 15.0 Å². The zero-order valence-electron chi connectivity index (χ0n) is 17.8. The van der Waals surface area contributed by atoms with E-state index in [0.717, 1.165) is 17.0 Å². The topological polar surface area (TPSA) is 119 Å². The van der Waals surface area contributed by atoms with E-state index in [2.05, 4.69) is 15.5 Å². The summed E-state index contributed by atoms with van der Waals surface area (Å²) in [6, 6.07) is 2.13. The molecular weight excluding hydrogens is 461 g/mol. The van der Waals surface area contributed by atoms with E-state index < -0.39 is 31.2 Å². The Bertz CT molecular complexity index is 1050. The van der Waals surface area contributed by atoms with Gasteiger partial charge in [-0.15, -0.1) is 0 Å². The van der Waals surface area contributed by atoms with Gasteiger partial charge < -0.3 is 19.5 Å². The van der Waals surface area contributed by atoms with Crippen molar-refractivity contribution in [2.45, 2.75) is 19.8 Å². The highest BCUT2D eigenvalue weighted by Crippen LogP contribution is 2.49. The van der Waals surface area contributed by atoms with Crippen LogP contribution in [0.3, 0.4) is 0 Å². The van der Waals surface area contributed by atoms with Crippen LogP contribution in [0.5, 0.6) is 0 Å². The number of aromatic nitrogens is 3. The van der Waals surface area contributed by atoms with Crippen LogP contribution < -0.4 is 15.1 Å². The molecule has 178 valence electrons. The Kier molecular flexibility index (Phi) is 6.61. The lowest BCUT2D eigenvalue weighted by molar-refractivity contribution is -0.119. The number of benzene rings is 1. The summed E-state index contributed by atoms with van der Waals surface area (Å²) in [5.74, 6) is -1.97. The molecule has 2 amide bonds. The van der Waals surface area contributed by atoms with Gasteiger partial charge in [0, 0.05) is 44.5 Å². The Morgan fingerprint density at radius 3 is 2.48 bits per heavy atom. The van der Waals surface area contributed by atoms with Crippen LogP contribution in [0.1, 0.15) is 6.92 Å². The summed E-state index contributed by atoms with van der Waals surface area (Å²) in [6.07, 6.45) is 1.82. The Hall–Kier alpha value is -3.05. The first-order valence-electron chi connectivity index (χ1n) is 10.3. The molecule has 3 heterocycles. The molecule has 0 radical (unpaired) electrons. The van der Waals surface area contributed by atoms with Gasteiger partial charge in [0.25, 0.3) is 0 Å². The average molecular weight is 484 g/mol. The standard InChI is InChI=1S/C19H23F2N6O5P/c1-13(28)22-10-15-11-26(19(29)32-15)14-8-16(20)18(17(21)9-14)25-4-6-33(30,7-5-25)31-12-27-23-2-3-24-27/h2-3,8-9,15H,4-7,10-12H2,1H3,(H,22,28)/t15-/m0/s1. The molecule has 2 aliphatic rings. The van der Waals surface area contributed by atoms with Crippen molar-refractivity contribution < 1.29 is 32.2 Å². The summed E-state index contributed by atoms with van der Waals surface area (Å²) in [6.45, 7) is 1.71. The molecule has 2 fully saturated rings. The molecule has 0 aliphatic carbocycles. The van der Waals surface area contributed by atoms with Crippen LogP contribution in [0.4, 0.5) is 25.0 Å². The largest absolute Gasteiger partial charge is 0.442 e. The van der Waals surface area contributed by atoms with E-state index in [-0.39, 0.29) is 62.5 Å². The Balaban J connectivity index is 1.40. The van der Waals surface area contributed by atoms with Crippen molar-refractivity contribution >= 4 is 30.7 Å². The quantitative estimate of drug-likeness (QED) is 0.591. The molecule has 0 spiro atoms. The van der Waals surface area contributed by atoms with Crippen LogP contribution in [0.2, 0.25) is 0 Å². The normalized spacial score (nSPS) is 20.1. The molecule has 2 saturated heterocycles. The molecule has 11 nitrogen and oxygen atoms in total. The third kappa shape index (κ3) is 5.31. The van der Waals surface area contributed by atoms with Crippen molar-refractivity contribution in [1.82, 2.24) is 20.3 Å². The van der Waals surface area contributed by atoms with Gasteiger partial charge in [-0.25, -0.2) is 13.6 Å². The maximum absolute atomic E-state index is 14.9. The number of anilines is 2. The maximum atomic E-state index is 14.9. The van der Waals surface area contributed by atoms with Crippen LogP contribution in [0.15, 0.2) is 24.5 Å². The van der Waals surface area contributed by atoms with Crippen LogP contribution in [-0.4, -0.2) is 71.6 Å². The van der Waals surface area contributed by atoms with Crippen molar-refractivity contribution in [2.24, 2.45) is 0 Å². The van der Waals surface area contributed by atoms with Crippen molar-refractivity contribution in [3.8, 4) is 0 Å². The first-order chi connectivity index (χ1) is 15.7. The number of ether oxygens (including phenoxy) is 1. The summed E-state index contributed by atoms with van der Waals surface area (Å²) < 4.78 is 53.3. The number of halogens is 2. The number of nitrogens with one attached hydrogen (secondary N) is 1. The monoisotopic (exact) mass is 484 g/mol. The molecule has 1 aromatic carbocycles. The van der Waals surface area contributed by atoms with Crippen molar-refractivity contribution in [3.05, 3.63) is 36.2 Å². The predicted octanol–water partition coefficient (Wildman–Crippen LogP) is 1.79. The highest BCUT2D eigenvalue weighted by Gasteiger charge is 2.35. The van der Waals surface area contributed by atoms with Crippen molar-refractivity contribution in [2.75, 3.05) is 48.3 Å². The minimum Gasteiger partial charge on any atom is -0.442 e. The number of nitrogens with zero attached hydrogens (tertiary/aromatic N) is 5. The van der Waals surface area contributed by atoms with Crippen LogP contribution >= 0.6 is 7.37 Å². The van der Waals surface area contributed by atoms with E-state index in [0.29, 0.717) is 0 Å². The number of hydrogen-bond acceptors (Lipinski definition) is 8. The number of carbonyl (C=O) groups is 2. The zero-order chi connectivity index (χ0) is 23.6. The van der Waals surface area contributed by atoms with E-state index >= 15 is 0 Å². The fourth-order valence-electron chi connectivity index (χ4n) is 3.70. The lowest BCUT2D eigenvalue weighted by Crippen LogP contribution is -2.37. The Morgan fingerprint density at radius 1 is 1.24 bits per heavy atom. The molecule has 1 atom stereocenters. The van der Waals surface area contributed by atoms with Gasteiger partial charge in [0.05, 0.1) is 31.2 Å². The maximum Gasteiger partial charge on any atom is 0.414 e. The molecule has 0 bridgehead atoms. The second-order valence-electron chi connectivity index (χ2n) is 7.72. The van der Waals surface area contributed by atoms with Gasteiger partial charge in [0.15, 0.2) is 18.4 Å². The number of rotatable bonds is 7. The predicted molar refractivity (Wildman–Crippen MR) is 113 cm³/mol. The summed E-state index contributed by atoms with van der Waals surface area (Å²) in [5, 5.41) is 10.3. The second-order valence-corrected chi connectivity index (χ2v) is 10.5. The fourth-order valence-corrected chi connectivity index (χ4v) is 5.58. The SMILES string of the molecule is CC(=O)NC[C@H]1CN(c2cc(F)c(N3CCP(=O)(OCn4nccn4)CC3)c(F)c2)C(=O)O1. The van der Waals surface area contributed by atoms with Crippen molar-refractivity contribution in [3.63, 3.8) is 0 Å². The van der Waals surface area contributed by atoms with Crippen LogP contribution in [0.25, 0.3) is 0 Å². The van der Waals surface area contributed by atoms with Gasteiger partial charge in [-0.3, -0.25) is 14.3 Å². The molecule has 0 unspecified atom stereocenters. The van der Waals surface area contributed by atoms with Gasteiger partial charge in [-0.1, -0.05) is 0 Å². The number of carbonyl (C=O) groups excluding carboxylic acids is 2. The lowest BCUT2D eigenvalue weighted by atomic mass is 10.2. The summed E-state index contributed by atoms with van der Waals surface area (Å²) in [4.78, 5) is 27.0. The molecule has 14 heteroatoms. The highest BCUT2D eigenvalue weighted by molar-refractivity contribution is 7.59. The summed E-state index contributed by atoms with van der Waals surface area (Å²) >= 11 is 0. The molecular formula is C19H23F2N6O5P. The van der Waals surface area contributed by atoms with Crippen LogP contribution in [0, 0.1) is 11.6 Å². The van der Waals surface area contributed by atoms with Gasteiger partial charge in [-0.05, 0) is 0 Å². The Labute approximate surface area is 188 Å². The van der Waals surface area contributed by atoms with E-state index in [1.165, 1.54) is 29.0 Å². The van der Waals surface area contributed by atoms with Gasteiger partial charge in [0.1, 0.15) is 11.8 Å². The molecule has 2 aromatic rings. The molecule has 33 heavy (non-hydrogen) atoms. The highest BCUT2D eigenvalue weighted by atomic mass is 31.2. The third-order valence-electron chi connectivity index (χ3n) is 5.38. The third-order valence-corrected chi connectivity index (χ3v) is 7.73. The zero-order valence-corrected chi connectivity index (χ0v) is 18.7. The van der Waals surface area contributed by atoms with E-state index in [9.17, 15) is 22.9 Å². The van der Waals surface area contributed by atoms with Crippen LogP contribution in [-0.2, 0) is 25.4 Å². The number of amides is 2. The minimum atomic E-state index is -2.98. The molecule has 2 aliphatic heterocycles. The summed E-state index contributed by atoms with van der Waals surface area (Å²) in [7, 11) is -2.98. The van der Waals surface area contributed by atoms with Gasteiger partial charge in [0.2, 0.25) is 13.3 Å².